The van der Waals surface area contributed by atoms with Gasteiger partial charge in [-0.05, 0) is 115 Å². The summed E-state index contributed by atoms with van der Waals surface area (Å²) in [5.74, 6) is 0. The first-order valence-corrected chi connectivity index (χ1v) is 23.1. The Labute approximate surface area is 372 Å². The van der Waals surface area contributed by atoms with E-state index in [1.807, 2.05) is 11.3 Å². The number of nitrogens with zero attached hydrogens (tertiary/aromatic N) is 2. The van der Waals surface area contributed by atoms with Gasteiger partial charge in [-0.3, -0.25) is 0 Å². The molecule has 9 aromatic rings. The van der Waals surface area contributed by atoms with Gasteiger partial charge in [0.15, 0.2) is 0 Å². The molecule has 3 heteroatoms. The number of hydrogen-bond acceptors (Lipinski definition) is 2. The summed E-state index contributed by atoms with van der Waals surface area (Å²) in [5.41, 5.74) is 14.0. The van der Waals surface area contributed by atoms with Crippen molar-refractivity contribution in [2.75, 3.05) is 4.90 Å². The quantitative estimate of drug-likeness (QED) is 0.161. The molecule has 0 amide bonds. The Morgan fingerprint density at radius 2 is 1.13 bits per heavy atom. The van der Waals surface area contributed by atoms with Gasteiger partial charge in [0.1, 0.15) is 0 Å². The normalized spacial score (nSPS) is 24.6. The molecular weight excluding hydrogens is 781 g/mol. The molecule has 4 unspecified atom stereocenters. The Morgan fingerprint density at radius 3 is 1.92 bits per heavy atom. The van der Waals surface area contributed by atoms with Crippen molar-refractivity contribution < 1.29 is 0 Å². The fraction of sp³-hybridized carbons (Fsp3) is 0.133. The van der Waals surface area contributed by atoms with Crippen molar-refractivity contribution in [2.24, 2.45) is 5.41 Å². The number of thiophene rings is 1. The predicted molar refractivity (Wildman–Crippen MR) is 268 cm³/mol. The van der Waals surface area contributed by atoms with Crippen molar-refractivity contribution in [3.63, 3.8) is 0 Å². The van der Waals surface area contributed by atoms with Crippen LogP contribution in [0.25, 0.3) is 58.8 Å². The Balaban J connectivity index is 0.994. The number of fused-ring (bicyclic) bond motifs is 10. The number of anilines is 2. The lowest BCUT2D eigenvalue weighted by Gasteiger charge is -2.62. The maximum atomic E-state index is 2.64. The van der Waals surface area contributed by atoms with Crippen molar-refractivity contribution in [2.45, 2.75) is 44.1 Å². The molecule has 3 aliphatic carbocycles. The Hall–Kier alpha value is -6.94. The molecule has 0 saturated carbocycles. The summed E-state index contributed by atoms with van der Waals surface area (Å²) < 4.78 is 5.12. The molecule has 0 saturated heterocycles. The highest BCUT2D eigenvalue weighted by molar-refractivity contribution is 7.26. The summed E-state index contributed by atoms with van der Waals surface area (Å²) >= 11 is 1.94. The second-order valence-corrected chi connectivity index (χ2v) is 19.8. The lowest BCUT2D eigenvalue weighted by Crippen LogP contribution is -2.59. The van der Waals surface area contributed by atoms with Gasteiger partial charge in [0.25, 0.3) is 0 Å². The summed E-state index contributed by atoms with van der Waals surface area (Å²) in [6.07, 6.45) is 17.1. The fourth-order valence-electron chi connectivity index (χ4n) is 12.5. The highest BCUT2D eigenvalue weighted by atomic mass is 32.1. The molecule has 3 heterocycles. The van der Waals surface area contributed by atoms with Gasteiger partial charge in [0.2, 0.25) is 0 Å². The van der Waals surface area contributed by atoms with Gasteiger partial charge in [-0.15, -0.1) is 11.3 Å². The number of rotatable bonds is 4. The highest BCUT2D eigenvalue weighted by Crippen LogP contribution is 2.67. The maximum Gasteiger partial charge on any atom is 0.0833 e. The van der Waals surface area contributed by atoms with Crippen LogP contribution in [0.4, 0.5) is 11.4 Å². The van der Waals surface area contributed by atoms with Crippen LogP contribution >= 0.6 is 11.3 Å². The first kappa shape index (κ1) is 36.7. The lowest BCUT2D eigenvalue weighted by atomic mass is 9.47. The van der Waals surface area contributed by atoms with Gasteiger partial charge in [-0.2, -0.15) is 0 Å². The van der Waals surface area contributed by atoms with Crippen LogP contribution in [0.15, 0.2) is 223 Å². The minimum atomic E-state index is -0.468. The molecule has 2 aromatic heterocycles. The van der Waals surface area contributed by atoms with E-state index >= 15 is 0 Å². The average molecular weight is 827 g/mol. The van der Waals surface area contributed by atoms with E-state index in [0.717, 1.165) is 5.69 Å². The van der Waals surface area contributed by atoms with Crippen LogP contribution in [-0.2, 0) is 10.8 Å². The molecule has 1 aliphatic heterocycles. The number of hydrogen-bond donors (Lipinski definition) is 0. The molecule has 0 spiro atoms. The van der Waals surface area contributed by atoms with E-state index in [0.29, 0.717) is 0 Å². The molecule has 7 aromatic carbocycles. The molecule has 0 fully saturated rings. The first-order valence-electron chi connectivity index (χ1n) is 22.3. The third-order valence-electron chi connectivity index (χ3n) is 15.2. The SMILES string of the molecule is CC12C=CC=CC1=CC1(C)C3=C2C(C)(c2cccc4c2sc2ccccc24)C=CC3(C)N(c2ccc(-c3cccc(-n4c5ccccc5c5ccccc54)c3)cc2)c2ccccc21. The average Bonchev–Trinajstić information content (AvgIpc) is 3.87. The molecule has 0 radical (unpaired) electrons. The van der Waals surface area contributed by atoms with Crippen molar-refractivity contribution in [1.29, 1.82) is 0 Å². The largest absolute Gasteiger partial charge is 0.328 e. The smallest absolute Gasteiger partial charge is 0.0833 e. The third kappa shape index (κ3) is 4.83. The number of allylic oxidation sites excluding steroid dienone is 8. The van der Waals surface area contributed by atoms with Gasteiger partial charge in [0.05, 0.1) is 16.6 Å². The maximum absolute atomic E-state index is 2.64. The van der Waals surface area contributed by atoms with E-state index in [4.69, 9.17) is 0 Å². The van der Waals surface area contributed by atoms with Crippen LogP contribution in [0.3, 0.4) is 0 Å². The zero-order valence-corrected chi connectivity index (χ0v) is 36.7. The van der Waals surface area contributed by atoms with Crippen LogP contribution in [0.1, 0.15) is 38.8 Å². The van der Waals surface area contributed by atoms with Crippen LogP contribution in [0.2, 0.25) is 0 Å². The van der Waals surface area contributed by atoms with Crippen LogP contribution < -0.4 is 4.90 Å². The summed E-state index contributed by atoms with van der Waals surface area (Å²) in [5, 5.41) is 5.23. The van der Waals surface area contributed by atoms with Gasteiger partial charge >= 0.3 is 0 Å². The molecule has 13 rings (SSSR count). The Kier molecular flexibility index (Phi) is 7.46. The predicted octanol–water partition coefficient (Wildman–Crippen LogP) is 15.9. The van der Waals surface area contributed by atoms with Crippen molar-refractivity contribution >= 4 is 64.7 Å². The van der Waals surface area contributed by atoms with Crippen LogP contribution in [-0.4, -0.2) is 10.1 Å². The first-order chi connectivity index (χ1) is 30.7. The molecule has 4 aliphatic rings. The van der Waals surface area contributed by atoms with Gasteiger partial charge in [-0.25, -0.2) is 0 Å². The molecule has 0 bridgehead atoms. The van der Waals surface area contributed by atoms with Gasteiger partial charge in [-0.1, -0.05) is 158 Å². The molecular formula is C60H46N2S. The zero-order chi connectivity index (χ0) is 42.3. The number of benzene rings is 7. The fourth-order valence-corrected chi connectivity index (χ4v) is 13.8. The van der Waals surface area contributed by atoms with E-state index in [1.165, 1.54) is 92.3 Å². The van der Waals surface area contributed by atoms with Crippen molar-refractivity contribution in [3.8, 4) is 16.8 Å². The molecule has 63 heavy (non-hydrogen) atoms. The van der Waals surface area contributed by atoms with E-state index in [2.05, 4.69) is 243 Å². The molecule has 0 N–H and O–H groups in total. The Bertz CT molecular complexity index is 3540. The summed E-state index contributed by atoms with van der Waals surface area (Å²) in [6.45, 7) is 9.93. The summed E-state index contributed by atoms with van der Waals surface area (Å²) in [7, 11) is 0. The van der Waals surface area contributed by atoms with E-state index in [-0.39, 0.29) is 16.2 Å². The standard InChI is InChI=1S/C60H46N2S/c1-57-34-14-13-18-41(57)38-59(3)48-24-8-11-28-52(48)62(60(4)36-35-58(2,55(57)56(59)60)49-25-16-23-47-46-22-7-12-29-53(46)63-54(47)49)42-32-30-39(31-33-42)40-17-15-19-43(37-40)61-50-26-9-5-20-44(50)45-21-6-10-27-51(45)61/h5-38H,1-4H3. The van der Waals surface area contributed by atoms with Gasteiger partial charge in [0, 0.05) is 64.3 Å². The Morgan fingerprint density at radius 1 is 0.460 bits per heavy atom. The monoisotopic (exact) mass is 826 g/mol. The molecule has 2 nitrogen and oxygen atoms in total. The van der Waals surface area contributed by atoms with Crippen molar-refractivity contribution in [3.05, 3.63) is 234 Å². The highest BCUT2D eigenvalue weighted by Gasteiger charge is 2.60. The van der Waals surface area contributed by atoms with E-state index < -0.39 is 5.54 Å². The topological polar surface area (TPSA) is 8.17 Å². The number of para-hydroxylation sites is 3. The zero-order valence-electron chi connectivity index (χ0n) is 35.9. The van der Waals surface area contributed by atoms with E-state index in [1.54, 1.807) is 0 Å². The van der Waals surface area contributed by atoms with E-state index in [9.17, 15) is 0 Å². The second kappa shape index (κ2) is 12.8. The van der Waals surface area contributed by atoms with Crippen LogP contribution in [0, 0.1) is 5.41 Å². The minimum absolute atomic E-state index is 0.313. The molecule has 302 valence electrons. The van der Waals surface area contributed by atoms with Gasteiger partial charge < -0.3 is 9.47 Å². The number of aromatic nitrogens is 1. The molecule has 4 atom stereocenters. The lowest BCUT2D eigenvalue weighted by molar-refractivity contribution is 0.399. The summed E-state index contributed by atoms with van der Waals surface area (Å²) in [6, 6.07) is 60.9. The third-order valence-corrected chi connectivity index (χ3v) is 16.4. The summed E-state index contributed by atoms with van der Waals surface area (Å²) in [4.78, 5) is 2.64. The second-order valence-electron chi connectivity index (χ2n) is 18.8. The minimum Gasteiger partial charge on any atom is -0.328 e. The van der Waals surface area contributed by atoms with Crippen molar-refractivity contribution in [1.82, 2.24) is 4.57 Å². The van der Waals surface area contributed by atoms with Crippen LogP contribution in [0.5, 0.6) is 0 Å².